The van der Waals surface area contributed by atoms with Crippen LogP contribution < -0.4 is 0 Å². The van der Waals surface area contributed by atoms with Gasteiger partial charge in [-0.3, -0.25) is 9.69 Å². The maximum absolute atomic E-state index is 11.6. The maximum atomic E-state index is 11.6. The second-order valence-corrected chi connectivity index (χ2v) is 6.51. The van der Waals surface area contributed by atoms with Crippen LogP contribution in [0.5, 0.6) is 0 Å². The van der Waals surface area contributed by atoms with Crippen LogP contribution in [-0.2, 0) is 4.79 Å². The Labute approximate surface area is 125 Å². The molecule has 0 aromatic rings. The predicted molar refractivity (Wildman–Crippen MR) is 86.2 cm³/mol. The zero-order valence-corrected chi connectivity index (χ0v) is 14.2. The fraction of sp³-hybridized carbons (Fsp3) is 0.941. The number of aliphatic carboxylic acids is 1. The van der Waals surface area contributed by atoms with Crippen LogP contribution in [0.4, 0.5) is 0 Å². The van der Waals surface area contributed by atoms with Crippen LogP contribution in [0.15, 0.2) is 0 Å². The first-order valence-corrected chi connectivity index (χ1v) is 8.32. The minimum atomic E-state index is -0.726. The number of carbonyl (C=O) groups is 1. The number of carboxylic acid groups (broad SMARTS) is 1. The van der Waals surface area contributed by atoms with Gasteiger partial charge < -0.3 is 5.11 Å². The van der Waals surface area contributed by atoms with E-state index in [2.05, 4.69) is 20.8 Å². The lowest BCUT2D eigenvalue weighted by Crippen LogP contribution is -2.53. The Morgan fingerprint density at radius 3 is 1.90 bits per heavy atom. The second kappa shape index (κ2) is 10.2. The first kappa shape index (κ1) is 19.4. The largest absolute Gasteiger partial charge is 0.480 e. The average Bonchev–Trinajstić information content (AvgIpc) is 2.40. The Kier molecular flexibility index (Phi) is 9.91. The van der Waals surface area contributed by atoms with Crippen molar-refractivity contribution in [3.05, 3.63) is 0 Å². The summed E-state index contributed by atoms with van der Waals surface area (Å²) in [7, 11) is 1.92. The summed E-state index contributed by atoms with van der Waals surface area (Å²) in [5.41, 5.74) is -0.726. The topological polar surface area (TPSA) is 40.5 Å². The number of rotatable bonds is 12. The number of carboxylic acids is 1. The van der Waals surface area contributed by atoms with E-state index in [1.807, 2.05) is 18.9 Å². The molecular formula is C17H35NO2. The van der Waals surface area contributed by atoms with Crippen LogP contribution in [-0.4, -0.2) is 34.6 Å². The van der Waals surface area contributed by atoms with Crippen LogP contribution >= 0.6 is 0 Å². The summed E-state index contributed by atoms with van der Waals surface area (Å²) < 4.78 is 0. The van der Waals surface area contributed by atoms with Crippen molar-refractivity contribution in [3.63, 3.8) is 0 Å². The molecule has 20 heavy (non-hydrogen) atoms. The molecule has 0 amide bonds. The molecule has 0 fully saturated rings. The van der Waals surface area contributed by atoms with E-state index in [1.165, 1.54) is 38.5 Å². The van der Waals surface area contributed by atoms with Gasteiger partial charge in [-0.2, -0.15) is 0 Å². The average molecular weight is 285 g/mol. The number of hydrogen-bond donors (Lipinski definition) is 1. The minimum Gasteiger partial charge on any atom is -0.480 e. The molecule has 0 saturated heterocycles. The quantitative estimate of drug-likeness (QED) is 0.528. The highest BCUT2D eigenvalue weighted by Crippen LogP contribution is 2.24. The van der Waals surface area contributed by atoms with Gasteiger partial charge in [0.25, 0.3) is 0 Å². The molecule has 0 bridgehead atoms. The lowest BCUT2D eigenvalue weighted by atomic mass is 9.91. The van der Waals surface area contributed by atoms with E-state index < -0.39 is 11.5 Å². The number of likely N-dealkylation sites (N-methyl/N-ethyl adjacent to an activating group) is 1. The van der Waals surface area contributed by atoms with E-state index in [9.17, 15) is 9.90 Å². The molecule has 1 unspecified atom stereocenters. The zero-order valence-electron chi connectivity index (χ0n) is 14.2. The fourth-order valence-corrected chi connectivity index (χ4v) is 2.61. The van der Waals surface area contributed by atoms with E-state index in [-0.39, 0.29) is 6.04 Å². The van der Waals surface area contributed by atoms with Crippen LogP contribution in [0.25, 0.3) is 0 Å². The monoisotopic (exact) mass is 285 g/mol. The Hall–Kier alpha value is -0.570. The van der Waals surface area contributed by atoms with E-state index >= 15 is 0 Å². The van der Waals surface area contributed by atoms with Crippen molar-refractivity contribution in [1.29, 1.82) is 0 Å². The molecule has 3 nitrogen and oxygen atoms in total. The second-order valence-electron chi connectivity index (χ2n) is 6.51. The van der Waals surface area contributed by atoms with Crippen LogP contribution in [0, 0.1) is 0 Å². The third-order valence-corrected chi connectivity index (χ3v) is 4.53. The number of hydrogen-bond acceptors (Lipinski definition) is 2. The summed E-state index contributed by atoms with van der Waals surface area (Å²) in [6.07, 6.45) is 10.7. The number of unbranched alkanes of at least 4 members (excludes halogenated alkanes) is 7. The van der Waals surface area contributed by atoms with Crippen LogP contribution in [0.1, 0.15) is 85.5 Å². The molecule has 0 aromatic carbocycles. The molecule has 1 atom stereocenters. The molecule has 0 saturated carbocycles. The normalized spacial score (nSPS) is 14.8. The Bertz CT molecular complexity index is 266. The molecule has 0 aromatic heterocycles. The van der Waals surface area contributed by atoms with E-state index in [1.54, 1.807) is 0 Å². The summed E-state index contributed by atoms with van der Waals surface area (Å²) in [5, 5.41) is 9.51. The molecule has 0 rings (SSSR count). The van der Waals surface area contributed by atoms with Crippen molar-refractivity contribution in [2.24, 2.45) is 0 Å². The Balaban J connectivity index is 3.96. The van der Waals surface area contributed by atoms with Gasteiger partial charge >= 0.3 is 5.97 Å². The van der Waals surface area contributed by atoms with Crippen LogP contribution in [0.2, 0.25) is 0 Å². The molecule has 0 aliphatic carbocycles. The smallest absolute Gasteiger partial charge is 0.323 e. The highest BCUT2D eigenvalue weighted by Gasteiger charge is 2.37. The van der Waals surface area contributed by atoms with Crippen molar-refractivity contribution in [1.82, 2.24) is 4.90 Å². The van der Waals surface area contributed by atoms with Crippen molar-refractivity contribution < 1.29 is 9.90 Å². The van der Waals surface area contributed by atoms with Gasteiger partial charge in [-0.25, -0.2) is 0 Å². The van der Waals surface area contributed by atoms with Gasteiger partial charge in [0.05, 0.1) is 0 Å². The first-order chi connectivity index (χ1) is 9.36. The molecule has 0 aliphatic rings. The lowest BCUT2D eigenvalue weighted by molar-refractivity contribution is -0.151. The van der Waals surface area contributed by atoms with Gasteiger partial charge in [0, 0.05) is 6.04 Å². The number of nitrogens with zero attached hydrogens (tertiary/aromatic N) is 1. The first-order valence-electron chi connectivity index (χ1n) is 8.32. The van der Waals surface area contributed by atoms with Crippen LogP contribution in [0.3, 0.4) is 0 Å². The maximum Gasteiger partial charge on any atom is 0.323 e. The molecule has 120 valence electrons. The third-order valence-electron chi connectivity index (χ3n) is 4.53. The minimum absolute atomic E-state index is 0.255. The van der Waals surface area contributed by atoms with Gasteiger partial charge in [-0.1, -0.05) is 58.3 Å². The van der Waals surface area contributed by atoms with E-state index in [0.29, 0.717) is 0 Å². The van der Waals surface area contributed by atoms with Crippen molar-refractivity contribution in [2.45, 2.75) is 97.1 Å². The zero-order chi connectivity index (χ0) is 15.6. The molecule has 3 heteroatoms. The standard InChI is InChI=1S/C17H35NO2/c1-6-7-8-9-10-11-12-13-14-17(4,16(19)20)18(5)15(2)3/h15H,6-14H2,1-5H3,(H,19,20). The van der Waals surface area contributed by atoms with Crippen molar-refractivity contribution in [2.75, 3.05) is 7.05 Å². The van der Waals surface area contributed by atoms with Gasteiger partial charge in [0.1, 0.15) is 5.54 Å². The third kappa shape index (κ3) is 6.74. The Morgan fingerprint density at radius 2 is 1.50 bits per heavy atom. The van der Waals surface area contributed by atoms with Crippen molar-refractivity contribution >= 4 is 5.97 Å². The highest BCUT2D eigenvalue weighted by atomic mass is 16.4. The van der Waals surface area contributed by atoms with E-state index in [4.69, 9.17) is 0 Å². The lowest BCUT2D eigenvalue weighted by Gasteiger charge is -2.38. The Morgan fingerprint density at radius 1 is 1.05 bits per heavy atom. The summed E-state index contributed by atoms with van der Waals surface area (Å²) in [4.78, 5) is 13.5. The van der Waals surface area contributed by atoms with Gasteiger partial charge in [0.2, 0.25) is 0 Å². The molecule has 0 heterocycles. The molecule has 0 aliphatic heterocycles. The molecule has 0 spiro atoms. The summed E-state index contributed by atoms with van der Waals surface area (Å²) in [5.74, 6) is -0.698. The fourth-order valence-electron chi connectivity index (χ4n) is 2.61. The molecule has 0 radical (unpaired) electrons. The van der Waals surface area contributed by atoms with E-state index in [0.717, 1.165) is 19.3 Å². The highest BCUT2D eigenvalue weighted by molar-refractivity contribution is 5.78. The molecular weight excluding hydrogens is 250 g/mol. The molecule has 1 N–H and O–H groups in total. The van der Waals surface area contributed by atoms with Gasteiger partial charge in [-0.15, -0.1) is 0 Å². The summed E-state index contributed by atoms with van der Waals surface area (Å²) >= 11 is 0. The van der Waals surface area contributed by atoms with Gasteiger partial charge in [0.15, 0.2) is 0 Å². The summed E-state index contributed by atoms with van der Waals surface area (Å²) in [6.45, 7) is 8.19. The van der Waals surface area contributed by atoms with Crippen molar-refractivity contribution in [3.8, 4) is 0 Å². The predicted octanol–water partition coefficient (Wildman–Crippen LogP) is 4.70. The summed E-state index contributed by atoms with van der Waals surface area (Å²) in [6, 6.07) is 0.255. The SMILES string of the molecule is CCCCCCCCCCC(C)(C(=O)O)N(C)C(C)C. The van der Waals surface area contributed by atoms with Gasteiger partial charge in [-0.05, 0) is 34.2 Å².